The van der Waals surface area contributed by atoms with Gasteiger partial charge < -0.3 is 9.47 Å². The third-order valence-electron chi connectivity index (χ3n) is 2.31. The summed E-state index contributed by atoms with van der Waals surface area (Å²) in [7, 11) is 0. The molecule has 2 rings (SSSR count). The molecular formula is C12H12O3. The quantitative estimate of drug-likeness (QED) is 0.710. The van der Waals surface area contributed by atoms with E-state index in [0.717, 1.165) is 24.0 Å². The SMILES string of the molecule is CCC1=COC(c2ccccc2C=O)O1. The summed E-state index contributed by atoms with van der Waals surface area (Å²) in [5.74, 6) is 0.806. The summed E-state index contributed by atoms with van der Waals surface area (Å²) in [5, 5.41) is 0. The molecule has 0 amide bonds. The Kier molecular flexibility index (Phi) is 2.72. The molecule has 3 heteroatoms. The van der Waals surface area contributed by atoms with Gasteiger partial charge in [0.25, 0.3) is 6.29 Å². The fraction of sp³-hybridized carbons (Fsp3) is 0.250. The molecule has 1 heterocycles. The van der Waals surface area contributed by atoms with Gasteiger partial charge in [-0.1, -0.05) is 31.2 Å². The largest absolute Gasteiger partial charge is 0.455 e. The zero-order chi connectivity index (χ0) is 10.7. The molecule has 1 aromatic rings. The molecule has 1 aliphatic heterocycles. The van der Waals surface area contributed by atoms with Gasteiger partial charge in [0.1, 0.15) is 12.0 Å². The second-order valence-corrected chi connectivity index (χ2v) is 3.27. The lowest BCUT2D eigenvalue weighted by Crippen LogP contribution is -2.02. The molecule has 78 valence electrons. The summed E-state index contributed by atoms with van der Waals surface area (Å²) in [6, 6.07) is 7.26. The van der Waals surface area contributed by atoms with E-state index < -0.39 is 6.29 Å². The van der Waals surface area contributed by atoms with Gasteiger partial charge in [0.15, 0.2) is 6.29 Å². The summed E-state index contributed by atoms with van der Waals surface area (Å²) in [4.78, 5) is 10.8. The average molecular weight is 204 g/mol. The van der Waals surface area contributed by atoms with E-state index in [1.807, 2.05) is 25.1 Å². The number of aldehydes is 1. The van der Waals surface area contributed by atoms with Crippen molar-refractivity contribution in [1.82, 2.24) is 0 Å². The van der Waals surface area contributed by atoms with Crippen molar-refractivity contribution < 1.29 is 14.3 Å². The van der Waals surface area contributed by atoms with Crippen molar-refractivity contribution in [3.05, 3.63) is 47.4 Å². The highest BCUT2D eigenvalue weighted by Crippen LogP contribution is 2.30. The molecule has 0 N–H and O–H groups in total. The van der Waals surface area contributed by atoms with Crippen LogP contribution < -0.4 is 0 Å². The fourth-order valence-electron chi connectivity index (χ4n) is 1.47. The molecule has 15 heavy (non-hydrogen) atoms. The molecule has 1 aliphatic rings. The standard InChI is InChI=1S/C12H12O3/c1-2-10-8-14-12(15-10)11-6-4-3-5-9(11)7-13/h3-8,12H,2H2,1H3. The van der Waals surface area contributed by atoms with Crippen molar-refractivity contribution in [3.63, 3.8) is 0 Å². The maximum Gasteiger partial charge on any atom is 0.267 e. The summed E-state index contributed by atoms with van der Waals surface area (Å²) in [5.41, 5.74) is 1.38. The van der Waals surface area contributed by atoms with Crippen LogP contribution in [0.2, 0.25) is 0 Å². The maximum atomic E-state index is 10.8. The van der Waals surface area contributed by atoms with E-state index in [9.17, 15) is 4.79 Å². The predicted octanol–water partition coefficient (Wildman–Crippen LogP) is 2.80. The number of allylic oxidation sites excluding steroid dienone is 1. The lowest BCUT2D eigenvalue weighted by Gasteiger charge is -2.13. The van der Waals surface area contributed by atoms with Gasteiger partial charge in [0.2, 0.25) is 0 Å². The zero-order valence-corrected chi connectivity index (χ0v) is 8.47. The van der Waals surface area contributed by atoms with Crippen LogP contribution in [0.25, 0.3) is 0 Å². The van der Waals surface area contributed by atoms with E-state index in [2.05, 4.69) is 0 Å². The van der Waals surface area contributed by atoms with Gasteiger partial charge in [-0.25, -0.2) is 0 Å². The van der Waals surface area contributed by atoms with Crippen molar-refractivity contribution in [2.75, 3.05) is 0 Å². The molecule has 0 aliphatic carbocycles. The second kappa shape index (κ2) is 4.17. The van der Waals surface area contributed by atoms with Gasteiger partial charge in [-0.05, 0) is 0 Å². The molecule has 0 aromatic heterocycles. The first-order valence-corrected chi connectivity index (χ1v) is 4.90. The van der Waals surface area contributed by atoms with Crippen molar-refractivity contribution in [3.8, 4) is 0 Å². The number of hydrogen-bond donors (Lipinski definition) is 0. The van der Waals surface area contributed by atoms with E-state index in [0.29, 0.717) is 5.56 Å². The van der Waals surface area contributed by atoms with E-state index >= 15 is 0 Å². The van der Waals surface area contributed by atoms with Crippen LogP contribution in [-0.4, -0.2) is 6.29 Å². The number of benzene rings is 1. The van der Waals surface area contributed by atoms with Crippen LogP contribution in [0.3, 0.4) is 0 Å². The van der Waals surface area contributed by atoms with Crippen molar-refractivity contribution in [1.29, 1.82) is 0 Å². The van der Waals surface area contributed by atoms with Crippen LogP contribution in [0.4, 0.5) is 0 Å². The smallest absolute Gasteiger partial charge is 0.267 e. The van der Waals surface area contributed by atoms with Crippen LogP contribution in [-0.2, 0) is 9.47 Å². The number of carbonyl (C=O) groups excluding carboxylic acids is 1. The van der Waals surface area contributed by atoms with Gasteiger partial charge in [-0.2, -0.15) is 0 Å². The first kappa shape index (κ1) is 9.77. The van der Waals surface area contributed by atoms with Crippen molar-refractivity contribution in [2.45, 2.75) is 19.6 Å². The summed E-state index contributed by atoms with van der Waals surface area (Å²) < 4.78 is 10.9. The minimum Gasteiger partial charge on any atom is -0.455 e. The summed E-state index contributed by atoms with van der Waals surface area (Å²) in [6.45, 7) is 1.99. The van der Waals surface area contributed by atoms with E-state index in [1.54, 1.807) is 12.3 Å². The van der Waals surface area contributed by atoms with Gasteiger partial charge in [0, 0.05) is 17.5 Å². The molecule has 0 spiro atoms. The Bertz CT molecular complexity index is 396. The van der Waals surface area contributed by atoms with Crippen LogP contribution in [0.5, 0.6) is 0 Å². The third-order valence-corrected chi connectivity index (χ3v) is 2.31. The maximum absolute atomic E-state index is 10.8. The zero-order valence-electron chi connectivity index (χ0n) is 8.47. The Hall–Kier alpha value is -1.77. The average Bonchev–Trinajstić information content (AvgIpc) is 2.77. The van der Waals surface area contributed by atoms with Crippen molar-refractivity contribution >= 4 is 6.29 Å². The summed E-state index contributed by atoms with van der Waals surface area (Å²) >= 11 is 0. The van der Waals surface area contributed by atoms with E-state index in [1.165, 1.54) is 0 Å². The van der Waals surface area contributed by atoms with E-state index in [-0.39, 0.29) is 0 Å². The lowest BCUT2D eigenvalue weighted by molar-refractivity contribution is -0.0353. The molecule has 0 radical (unpaired) electrons. The fourth-order valence-corrected chi connectivity index (χ4v) is 1.47. The highest BCUT2D eigenvalue weighted by atomic mass is 16.7. The molecule has 1 unspecified atom stereocenters. The topological polar surface area (TPSA) is 35.5 Å². The van der Waals surface area contributed by atoms with E-state index in [4.69, 9.17) is 9.47 Å². The highest BCUT2D eigenvalue weighted by Gasteiger charge is 2.22. The molecule has 0 bridgehead atoms. The van der Waals surface area contributed by atoms with Crippen LogP contribution >= 0.6 is 0 Å². The van der Waals surface area contributed by atoms with Crippen LogP contribution in [0, 0.1) is 0 Å². The Balaban J connectivity index is 2.21. The molecule has 0 saturated carbocycles. The lowest BCUT2D eigenvalue weighted by atomic mass is 10.1. The number of carbonyl (C=O) groups is 1. The molecule has 1 atom stereocenters. The molecule has 3 nitrogen and oxygen atoms in total. The highest BCUT2D eigenvalue weighted by molar-refractivity contribution is 5.77. The Morgan fingerprint density at radius 2 is 2.20 bits per heavy atom. The van der Waals surface area contributed by atoms with Crippen LogP contribution in [0.1, 0.15) is 35.6 Å². The number of rotatable bonds is 3. The van der Waals surface area contributed by atoms with Gasteiger partial charge in [-0.3, -0.25) is 4.79 Å². The third kappa shape index (κ3) is 1.86. The van der Waals surface area contributed by atoms with Crippen molar-refractivity contribution in [2.24, 2.45) is 0 Å². The Labute approximate surface area is 88.3 Å². The molecule has 0 fully saturated rings. The minimum atomic E-state index is -0.471. The van der Waals surface area contributed by atoms with Gasteiger partial charge >= 0.3 is 0 Å². The van der Waals surface area contributed by atoms with Gasteiger partial charge in [0.05, 0.1) is 0 Å². The normalized spacial score (nSPS) is 19.0. The first-order valence-electron chi connectivity index (χ1n) is 4.90. The number of ether oxygens (including phenoxy) is 2. The predicted molar refractivity (Wildman–Crippen MR) is 55.1 cm³/mol. The molecule has 0 saturated heterocycles. The first-order chi connectivity index (χ1) is 7.35. The van der Waals surface area contributed by atoms with Crippen LogP contribution in [0.15, 0.2) is 36.3 Å². The Morgan fingerprint density at radius 3 is 2.87 bits per heavy atom. The Morgan fingerprint density at radius 1 is 1.40 bits per heavy atom. The number of hydrogen-bond acceptors (Lipinski definition) is 3. The second-order valence-electron chi connectivity index (χ2n) is 3.27. The van der Waals surface area contributed by atoms with Gasteiger partial charge in [-0.15, -0.1) is 0 Å². The summed E-state index contributed by atoms with van der Waals surface area (Å²) in [6.07, 6.45) is 2.74. The molecular weight excluding hydrogens is 192 g/mol. The molecule has 1 aromatic carbocycles. The minimum absolute atomic E-state index is 0.471. The monoisotopic (exact) mass is 204 g/mol.